The van der Waals surface area contributed by atoms with Crippen LogP contribution in [0.4, 0.5) is 0 Å². The van der Waals surface area contributed by atoms with Gasteiger partial charge in [0.25, 0.3) is 0 Å². The average Bonchev–Trinajstić information content (AvgIpc) is 3.11. The van der Waals surface area contributed by atoms with Crippen molar-refractivity contribution in [3.05, 3.63) is 71.3 Å². The Labute approximate surface area is 168 Å². The molecule has 0 aliphatic heterocycles. The van der Waals surface area contributed by atoms with Crippen molar-refractivity contribution in [2.45, 2.75) is 10.9 Å². The summed E-state index contributed by atoms with van der Waals surface area (Å²) in [5.74, 6) is 1.59. The molecule has 0 amide bonds. The van der Waals surface area contributed by atoms with E-state index in [0.717, 1.165) is 0 Å². The number of imidazole rings is 1. The molecule has 1 heterocycles. The number of ether oxygens (including phenoxy) is 2. The van der Waals surface area contributed by atoms with Crippen LogP contribution in [0.25, 0.3) is 0 Å². The van der Waals surface area contributed by atoms with Crippen molar-refractivity contribution in [2.24, 2.45) is 7.05 Å². The normalized spacial score (nSPS) is 12.6. The van der Waals surface area contributed by atoms with E-state index in [-0.39, 0.29) is 4.90 Å². The lowest BCUT2D eigenvalue weighted by Gasteiger charge is -2.20. The fourth-order valence-corrected chi connectivity index (χ4v) is 4.26. The topological polar surface area (TPSA) is 82.4 Å². The summed E-state index contributed by atoms with van der Waals surface area (Å²) in [6.07, 6.45) is 3.35. The zero-order valence-corrected chi connectivity index (χ0v) is 17.2. The fourth-order valence-electron chi connectivity index (χ4n) is 2.78. The number of hydrogen-bond acceptors (Lipinski definition) is 5. The summed E-state index contributed by atoms with van der Waals surface area (Å²) >= 11 is 5.97. The number of aromatic nitrogens is 2. The van der Waals surface area contributed by atoms with Gasteiger partial charge in [0.05, 0.1) is 19.1 Å². The van der Waals surface area contributed by atoms with E-state index in [0.29, 0.717) is 27.9 Å². The summed E-state index contributed by atoms with van der Waals surface area (Å²) in [5.41, 5.74) is 0.621. The Kier molecular flexibility index (Phi) is 5.93. The van der Waals surface area contributed by atoms with E-state index < -0.39 is 16.1 Å². The second-order valence-electron chi connectivity index (χ2n) is 6.05. The Bertz CT molecular complexity index is 1060. The number of nitrogens with zero attached hydrogens (tertiary/aromatic N) is 2. The third-order valence-electron chi connectivity index (χ3n) is 4.20. The van der Waals surface area contributed by atoms with Crippen LogP contribution in [0.5, 0.6) is 11.5 Å². The highest BCUT2D eigenvalue weighted by molar-refractivity contribution is 7.89. The Morgan fingerprint density at radius 2 is 1.79 bits per heavy atom. The maximum absolute atomic E-state index is 13.0. The van der Waals surface area contributed by atoms with Crippen molar-refractivity contribution in [1.29, 1.82) is 0 Å². The molecule has 0 radical (unpaired) electrons. The highest BCUT2D eigenvalue weighted by Crippen LogP contribution is 2.30. The molecular formula is C19H20ClN3O4S. The van der Waals surface area contributed by atoms with Gasteiger partial charge in [0, 0.05) is 30.5 Å². The lowest BCUT2D eigenvalue weighted by atomic mass is 10.1. The number of nitrogens with one attached hydrogen (secondary N) is 1. The van der Waals surface area contributed by atoms with E-state index in [1.165, 1.54) is 26.4 Å². The van der Waals surface area contributed by atoms with Crippen molar-refractivity contribution in [2.75, 3.05) is 14.2 Å². The maximum atomic E-state index is 13.0. The summed E-state index contributed by atoms with van der Waals surface area (Å²) in [6.45, 7) is 0. The van der Waals surface area contributed by atoms with Gasteiger partial charge in [-0.15, -0.1) is 0 Å². The molecule has 1 N–H and O–H groups in total. The molecule has 0 saturated carbocycles. The molecule has 7 nitrogen and oxygen atoms in total. The van der Waals surface area contributed by atoms with Crippen LogP contribution in [0.2, 0.25) is 5.02 Å². The summed E-state index contributed by atoms with van der Waals surface area (Å²) < 4.78 is 41.1. The average molecular weight is 422 g/mol. The Morgan fingerprint density at radius 1 is 1.11 bits per heavy atom. The highest BCUT2D eigenvalue weighted by atomic mass is 35.5. The van der Waals surface area contributed by atoms with E-state index in [2.05, 4.69) is 9.71 Å². The Balaban J connectivity index is 2.10. The molecule has 28 heavy (non-hydrogen) atoms. The van der Waals surface area contributed by atoms with Crippen LogP contribution in [-0.2, 0) is 17.1 Å². The zero-order valence-electron chi connectivity index (χ0n) is 15.6. The quantitative estimate of drug-likeness (QED) is 0.633. The predicted octanol–water partition coefficient (Wildman–Crippen LogP) is 3.16. The Hall–Kier alpha value is -2.55. The third kappa shape index (κ3) is 4.30. The van der Waals surface area contributed by atoms with E-state index in [4.69, 9.17) is 21.1 Å². The first-order valence-corrected chi connectivity index (χ1v) is 10.2. The fraction of sp³-hybridized carbons (Fsp3) is 0.211. The van der Waals surface area contributed by atoms with Gasteiger partial charge in [-0.25, -0.2) is 13.4 Å². The van der Waals surface area contributed by atoms with E-state index in [1.807, 2.05) is 0 Å². The molecule has 1 atom stereocenters. The van der Waals surface area contributed by atoms with Crippen LogP contribution in [-0.4, -0.2) is 32.2 Å². The van der Waals surface area contributed by atoms with Crippen molar-refractivity contribution >= 4 is 21.6 Å². The van der Waals surface area contributed by atoms with E-state index >= 15 is 0 Å². The van der Waals surface area contributed by atoms with Crippen LogP contribution >= 0.6 is 11.6 Å². The van der Waals surface area contributed by atoms with Crippen molar-refractivity contribution < 1.29 is 17.9 Å². The number of sulfonamides is 1. The lowest BCUT2D eigenvalue weighted by Crippen LogP contribution is -2.31. The van der Waals surface area contributed by atoms with Crippen molar-refractivity contribution in [3.8, 4) is 11.5 Å². The molecule has 0 bridgehead atoms. The van der Waals surface area contributed by atoms with Crippen LogP contribution in [0.3, 0.4) is 0 Å². The number of benzene rings is 2. The second-order valence-corrected chi connectivity index (χ2v) is 8.20. The van der Waals surface area contributed by atoms with E-state index in [9.17, 15) is 8.42 Å². The van der Waals surface area contributed by atoms with Gasteiger partial charge in [-0.2, -0.15) is 4.72 Å². The van der Waals surface area contributed by atoms with Gasteiger partial charge in [-0.1, -0.05) is 17.7 Å². The first-order valence-electron chi connectivity index (χ1n) is 8.32. The summed E-state index contributed by atoms with van der Waals surface area (Å²) in [4.78, 5) is 4.39. The standard InChI is InChI=1S/C19H20ClN3O4S/c1-23-8-7-21-19(23)18(13-9-15(26-2)12-16(10-13)27-3)22-28(24,25)17-6-4-5-14(20)11-17/h4-12,18,22H,1-3H3/t18-/m0/s1. The van der Waals surface area contributed by atoms with E-state index in [1.54, 1.807) is 54.3 Å². The van der Waals surface area contributed by atoms with Crippen LogP contribution < -0.4 is 14.2 Å². The van der Waals surface area contributed by atoms with Crippen LogP contribution in [0.1, 0.15) is 17.4 Å². The van der Waals surface area contributed by atoms with Crippen LogP contribution in [0, 0.1) is 0 Å². The monoisotopic (exact) mass is 421 g/mol. The molecule has 0 unspecified atom stereocenters. The molecule has 0 aliphatic carbocycles. The molecule has 1 aromatic heterocycles. The zero-order chi connectivity index (χ0) is 20.3. The summed E-state index contributed by atoms with van der Waals surface area (Å²) in [5, 5.41) is 0.333. The minimum absolute atomic E-state index is 0.0640. The Morgan fingerprint density at radius 3 is 2.32 bits per heavy atom. The number of methoxy groups -OCH3 is 2. The number of halogens is 1. The molecule has 0 fully saturated rings. The van der Waals surface area contributed by atoms with Gasteiger partial charge in [0.1, 0.15) is 23.4 Å². The summed E-state index contributed by atoms with van der Waals surface area (Å²) in [7, 11) is 0.975. The second kappa shape index (κ2) is 8.22. The molecule has 0 saturated heterocycles. The molecule has 3 aromatic rings. The SMILES string of the molecule is COc1cc(OC)cc([C@H](NS(=O)(=O)c2cccc(Cl)c2)c2nccn2C)c1. The van der Waals surface area contributed by atoms with Gasteiger partial charge in [-0.05, 0) is 35.9 Å². The molecule has 3 rings (SSSR count). The highest BCUT2D eigenvalue weighted by Gasteiger charge is 2.27. The first-order chi connectivity index (χ1) is 13.3. The number of rotatable bonds is 7. The third-order valence-corrected chi connectivity index (χ3v) is 5.86. The number of aryl methyl sites for hydroxylation is 1. The summed E-state index contributed by atoms with van der Waals surface area (Å²) in [6, 6.07) is 10.5. The minimum atomic E-state index is -3.88. The molecule has 148 valence electrons. The molecular weight excluding hydrogens is 402 g/mol. The first kappa shape index (κ1) is 20.2. The van der Waals surface area contributed by atoms with Gasteiger partial charge in [0.15, 0.2) is 0 Å². The largest absolute Gasteiger partial charge is 0.497 e. The minimum Gasteiger partial charge on any atom is -0.497 e. The molecule has 9 heteroatoms. The van der Waals surface area contributed by atoms with Crippen LogP contribution in [0.15, 0.2) is 59.8 Å². The lowest BCUT2D eigenvalue weighted by molar-refractivity contribution is 0.392. The number of hydrogen-bond donors (Lipinski definition) is 1. The maximum Gasteiger partial charge on any atom is 0.241 e. The smallest absolute Gasteiger partial charge is 0.241 e. The molecule has 0 aliphatic rings. The van der Waals surface area contributed by atoms with Gasteiger partial charge >= 0.3 is 0 Å². The molecule has 0 spiro atoms. The molecule has 2 aromatic carbocycles. The van der Waals surface area contributed by atoms with Crippen molar-refractivity contribution in [3.63, 3.8) is 0 Å². The van der Waals surface area contributed by atoms with Crippen molar-refractivity contribution in [1.82, 2.24) is 14.3 Å². The van der Waals surface area contributed by atoms with Gasteiger partial charge < -0.3 is 14.0 Å². The van der Waals surface area contributed by atoms with Gasteiger partial charge in [-0.3, -0.25) is 0 Å². The van der Waals surface area contributed by atoms with Gasteiger partial charge in [0.2, 0.25) is 10.0 Å². The predicted molar refractivity (Wildman–Crippen MR) is 106 cm³/mol.